The van der Waals surface area contributed by atoms with Crippen LogP contribution in [0.25, 0.3) is 0 Å². The molecule has 0 atom stereocenters. The van der Waals surface area contributed by atoms with E-state index in [9.17, 15) is 4.39 Å². The van der Waals surface area contributed by atoms with Crippen molar-refractivity contribution in [2.45, 2.75) is 43.3 Å². The molecule has 0 radical (unpaired) electrons. The van der Waals surface area contributed by atoms with Crippen LogP contribution in [0.4, 0.5) is 4.39 Å². The first kappa shape index (κ1) is 14.4. The van der Waals surface area contributed by atoms with Crippen molar-refractivity contribution in [2.75, 3.05) is 0 Å². The molecule has 4 heteroatoms. The summed E-state index contributed by atoms with van der Waals surface area (Å²) in [6.07, 6.45) is 0. The summed E-state index contributed by atoms with van der Waals surface area (Å²) in [4.78, 5) is 4.97. The number of nitrogens with zero attached hydrogens (tertiary/aromatic N) is 1. The summed E-state index contributed by atoms with van der Waals surface area (Å²) in [5.41, 5.74) is 4.87. The fourth-order valence-electron chi connectivity index (χ4n) is 1.74. The molecule has 0 bridgehead atoms. The second kappa shape index (κ2) is 4.81. The Morgan fingerprint density at radius 3 is 2.58 bits per heavy atom. The molecule has 0 aliphatic carbocycles. The molecule has 1 aliphatic rings. The second-order valence-electron chi connectivity index (χ2n) is 6.13. The molecule has 1 aliphatic heterocycles. The lowest BCUT2D eigenvalue weighted by atomic mass is 10.1. The molecule has 0 saturated carbocycles. The Balaban J connectivity index is 2.56. The Morgan fingerprint density at radius 1 is 1.26 bits per heavy atom. The number of fused-ring (bicyclic) bond motifs is 1. The maximum atomic E-state index is 13.9. The van der Waals surface area contributed by atoms with Gasteiger partial charge in [0, 0.05) is 5.56 Å². The van der Waals surface area contributed by atoms with Gasteiger partial charge in [0.2, 0.25) is 0 Å². The lowest BCUT2D eigenvalue weighted by Gasteiger charge is -2.26. The van der Waals surface area contributed by atoms with E-state index in [4.69, 9.17) is 0 Å². The van der Waals surface area contributed by atoms with Gasteiger partial charge in [-0.25, -0.2) is 4.39 Å². The van der Waals surface area contributed by atoms with Crippen molar-refractivity contribution >= 4 is 25.5 Å². The van der Waals surface area contributed by atoms with Crippen molar-refractivity contribution in [1.82, 2.24) is 0 Å². The van der Waals surface area contributed by atoms with Crippen LogP contribution >= 0.6 is 11.8 Å². The van der Waals surface area contributed by atoms with E-state index in [1.54, 1.807) is 6.07 Å². The van der Waals surface area contributed by atoms with Crippen LogP contribution in [0, 0.1) is 17.3 Å². The van der Waals surface area contributed by atoms with Gasteiger partial charge in [0.15, 0.2) is 0 Å². The average Bonchev–Trinajstić information content (AvgIpc) is 2.25. The van der Waals surface area contributed by atoms with E-state index in [0.29, 0.717) is 4.90 Å². The van der Waals surface area contributed by atoms with Gasteiger partial charge in [-0.15, -0.1) is 5.54 Å². The van der Waals surface area contributed by atoms with E-state index in [1.165, 1.54) is 17.8 Å². The van der Waals surface area contributed by atoms with Gasteiger partial charge in [-0.05, 0) is 19.9 Å². The summed E-state index contributed by atoms with van der Waals surface area (Å²) in [6, 6.07) is 5.12. The van der Waals surface area contributed by atoms with Crippen LogP contribution in [0.2, 0.25) is 19.6 Å². The maximum Gasteiger partial charge on any atom is 0.137 e. The Hall–Kier alpha value is -1.05. The topological polar surface area (TPSA) is 12.4 Å². The first-order chi connectivity index (χ1) is 8.68. The third-order valence-electron chi connectivity index (χ3n) is 2.51. The minimum absolute atomic E-state index is 0.183. The average molecular weight is 291 g/mol. The smallest absolute Gasteiger partial charge is 0.137 e. The first-order valence-corrected chi connectivity index (χ1v) is 10.6. The number of halogens is 1. The molecule has 0 fully saturated rings. The van der Waals surface area contributed by atoms with Crippen LogP contribution in [-0.4, -0.2) is 18.7 Å². The van der Waals surface area contributed by atoms with Gasteiger partial charge >= 0.3 is 0 Å². The SMILES string of the molecule is CC1(C)N=C(C#C[Si](C)(C)C)c2cccc(F)c2S1. The number of hydrogen-bond donors (Lipinski definition) is 0. The molecule has 0 amide bonds. The highest BCUT2D eigenvalue weighted by molar-refractivity contribution is 8.00. The molecule has 0 N–H and O–H groups in total. The van der Waals surface area contributed by atoms with Crippen molar-refractivity contribution in [3.8, 4) is 11.5 Å². The Labute approximate surface area is 119 Å². The van der Waals surface area contributed by atoms with Crippen LogP contribution in [0.15, 0.2) is 28.1 Å². The Morgan fingerprint density at radius 2 is 1.95 bits per heavy atom. The summed E-state index contributed by atoms with van der Waals surface area (Å²) in [7, 11) is -1.46. The fourth-order valence-corrected chi connectivity index (χ4v) is 3.31. The van der Waals surface area contributed by atoms with Crippen LogP contribution in [0.3, 0.4) is 0 Å². The van der Waals surface area contributed by atoms with E-state index < -0.39 is 8.07 Å². The van der Waals surface area contributed by atoms with Crippen molar-refractivity contribution in [3.05, 3.63) is 29.6 Å². The van der Waals surface area contributed by atoms with E-state index in [1.807, 2.05) is 19.9 Å². The number of hydrogen-bond acceptors (Lipinski definition) is 2. The molecular weight excluding hydrogens is 273 g/mol. The van der Waals surface area contributed by atoms with Gasteiger partial charge in [0.05, 0.1) is 4.90 Å². The second-order valence-corrected chi connectivity index (χ2v) is 12.5. The van der Waals surface area contributed by atoms with Gasteiger partial charge in [-0.1, -0.05) is 49.5 Å². The quantitative estimate of drug-likeness (QED) is 0.512. The van der Waals surface area contributed by atoms with E-state index >= 15 is 0 Å². The highest BCUT2D eigenvalue weighted by Gasteiger charge is 2.29. The third kappa shape index (κ3) is 3.49. The Kier molecular flexibility index (Phi) is 3.63. The van der Waals surface area contributed by atoms with Crippen molar-refractivity contribution in [2.24, 2.45) is 4.99 Å². The van der Waals surface area contributed by atoms with Gasteiger partial charge in [-0.3, -0.25) is 4.99 Å². The number of thioether (sulfide) groups is 1. The predicted molar refractivity (Wildman–Crippen MR) is 84.0 cm³/mol. The van der Waals surface area contributed by atoms with Crippen LogP contribution in [0.1, 0.15) is 19.4 Å². The van der Waals surface area contributed by atoms with Gasteiger partial charge in [0.1, 0.15) is 24.5 Å². The highest BCUT2D eigenvalue weighted by atomic mass is 32.2. The van der Waals surface area contributed by atoms with E-state index in [0.717, 1.165) is 11.3 Å². The molecule has 1 nitrogen and oxygen atoms in total. The molecule has 100 valence electrons. The predicted octanol–water partition coefficient (Wildman–Crippen LogP) is 4.34. The number of aliphatic imine (C=N–C) groups is 1. The molecule has 1 aromatic rings. The van der Waals surface area contributed by atoms with Gasteiger partial charge < -0.3 is 0 Å². The Bertz CT molecular complexity index is 603. The summed E-state index contributed by atoms with van der Waals surface area (Å²) in [5, 5.41) is 0. The lowest BCUT2D eigenvalue weighted by molar-refractivity contribution is 0.597. The minimum Gasteiger partial charge on any atom is -0.258 e. The van der Waals surface area contributed by atoms with E-state index in [-0.39, 0.29) is 10.7 Å². The highest BCUT2D eigenvalue weighted by Crippen LogP contribution is 2.41. The maximum absolute atomic E-state index is 13.9. The molecule has 19 heavy (non-hydrogen) atoms. The summed E-state index contributed by atoms with van der Waals surface area (Å²) >= 11 is 1.46. The molecular formula is C15H18FNSSi. The molecule has 0 unspecified atom stereocenters. The number of benzene rings is 1. The zero-order valence-electron chi connectivity index (χ0n) is 12.0. The monoisotopic (exact) mass is 291 g/mol. The normalized spacial score (nSPS) is 17.1. The summed E-state index contributed by atoms with van der Waals surface area (Å²) in [6.45, 7) is 10.5. The summed E-state index contributed by atoms with van der Waals surface area (Å²) in [5.74, 6) is 3.00. The zero-order chi connectivity index (χ0) is 14.3. The standard InChI is InChI=1S/C15H18FNSSi/c1-15(2)17-13(9-10-19(3,4)5)11-7-6-8-12(16)14(11)18-15/h6-8H,1-5H3. The fraction of sp³-hybridized carbons (Fsp3) is 0.400. The van der Waals surface area contributed by atoms with E-state index in [2.05, 4.69) is 36.1 Å². The molecule has 0 saturated heterocycles. The first-order valence-electron chi connectivity index (χ1n) is 6.29. The summed E-state index contributed by atoms with van der Waals surface area (Å²) < 4.78 is 13.9. The third-order valence-corrected chi connectivity index (χ3v) is 4.60. The van der Waals surface area contributed by atoms with Crippen molar-refractivity contribution in [1.29, 1.82) is 0 Å². The van der Waals surface area contributed by atoms with Crippen LogP contribution in [0.5, 0.6) is 0 Å². The van der Waals surface area contributed by atoms with Crippen molar-refractivity contribution < 1.29 is 4.39 Å². The molecule has 0 spiro atoms. The zero-order valence-corrected chi connectivity index (χ0v) is 13.8. The van der Waals surface area contributed by atoms with Crippen molar-refractivity contribution in [3.63, 3.8) is 0 Å². The molecule has 0 aromatic heterocycles. The number of rotatable bonds is 0. The minimum atomic E-state index is -1.46. The molecule has 1 heterocycles. The van der Waals surface area contributed by atoms with Crippen LogP contribution < -0.4 is 0 Å². The van der Waals surface area contributed by atoms with Gasteiger partial charge in [0.25, 0.3) is 0 Å². The lowest BCUT2D eigenvalue weighted by Crippen LogP contribution is -2.22. The largest absolute Gasteiger partial charge is 0.258 e. The van der Waals surface area contributed by atoms with Gasteiger partial charge in [-0.2, -0.15) is 0 Å². The van der Waals surface area contributed by atoms with Crippen LogP contribution in [-0.2, 0) is 0 Å². The molecule has 2 rings (SSSR count). The molecule has 1 aromatic carbocycles.